The summed E-state index contributed by atoms with van der Waals surface area (Å²) in [5.41, 5.74) is 1.09. The highest BCUT2D eigenvalue weighted by atomic mass is 16.3. The predicted octanol–water partition coefficient (Wildman–Crippen LogP) is 2.85. The van der Waals surface area contributed by atoms with Crippen molar-refractivity contribution in [2.45, 2.75) is 71.0 Å². The van der Waals surface area contributed by atoms with Gasteiger partial charge in [0.05, 0.1) is 12.2 Å². The van der Waals surface area contributed by atoms with Gasteiger partial charge in [-0.25, -0.2) is 0 Å². The van der Waals surface area contributed by atoms with Crippen molar-refractivity contribution < 1.29 is 15.0 Å². The lowest BCUT2D eigenvalue weighted by atomic mass is 9.47. The maximum Gasteiger partial charge on any atom is 0.139 e. The van der Waals surface area contributed by atoms with Crippen molar-refractivity contribution in [3.63, 3.8) is 0 Å². The normalized spacial score (nSPS) is 54.3. The van der Waals surface area contributed by atoms with E-state index in [1.54, 1.807) is 0 Å². The standard InChI is InChI=1S/C19H28O3/c1-18-8-7-12(20)9-11(18)3-4-13-14-5-6-16(22)19(14,2)10-15(21)17(13)18/h3,12-15,17,20-21H,4-10H2,1-2H3/t12?,13-,14-,15?,17-,18-,19-/m0/s1. The topological polar surface area (TPSA) is 57.5 Å². The van der Waals surface area contributed by atoms with Gasteiger partial charge in [-0.05, 0) is 61.7 Å². The van der Waals surface area contributed by atoms with E-state index in [9.17, 15) is 15.0 Å². The van der Waals surface area contributed by atoms with E-state index < -0.39 is 0 Å². The van der Waals surface area contributed by atoms with Crippen LogP contribution in [0.5, 0.6) is 0 Å². The number of hydrogen-bond donors (Lipinski definition) is 2. The Hall–Kier alpha value is -0.670. The van der Waals surface area contributed by atoms with Gasteiger partial charge in [0.2, 0.25) is 0 Å². The largest absolute Gasteiger partial charge is 0.393 e. The molecule has 0 amide bonds. The lowest BCUT2D eigenvalue weighted by Gasteiger charge is -2.58. The van der Waals surface area contributed by atoms with Crippen LogP contribution in [0.15, 0.2) is 11.6 Å². The maximum atomic E-state index is 12.4. The highest BCUT2D eigenvalue weighted by Gasteiger charge is 2.61. The summed E-state index contributed by atoms with van der Waals surface area (Å²) < 4.78 is 0. The second-order valence-electron chi connectivity index (χ2n) is 8.73. The van der Waals surface area contributed by atoms with Gasteiger partial charge in [-0.2, -0.15) is 0 Å². The third-order valence-corrected chi connectivity index (χ3v) is 7.72. The highest BCUT2D eigenvalue weighted by molar-refractivity contribution is 5.87. The molecule has 3 saturated carbocycles. The number of ketones is 1. The fourth-order valence-corrected chi connectivity index (χ4v) is 6.55. The minimum atomic E-state index is -0.378. The summed E-state index contributed by atoms with van der Waals surface area (Å²) in [5.74, 6) is 1.51. The van der Waals surface area contributed by atoms with Crippen LogP contribution in [0.1, 0.15) is 58.8 Å². The molecule has 2 unspecified atom stereocenters. The number of aliphatic hydroxyl groups excluding tert-OH is 2. The first-order chi connectivity index (χ1) is 10.4. The van der Waals surface area contributed by atoms with Gasteiger partial charge in [0.25, 0.3) is 0 Å². The monoisotopic (exact) mass is 304 g/mol. The van der Waals surface area contributed by atoms with Crippen molar-refractivity contribution in [1.82, 2.24) is 0 Å². The van der Waals surface area contributed by atoms with Crippen LogP contribution in [0.2, 0.25) is 0 Å². The van der Waals surface area contributed by atoms with E-state index in [-0.39, 0.29) is 29.0 Å². The minimum absolute atomic E-state index is 0.0224. The molecule has 0 aromatic heterocycles. The molecule has 0 radical (unpaired) electrons. The van der Waals surface area contributed by atoms with E-state index in [4.69, 9.17) is 0 Å². The molecule has 122 valence electrons. The number of fused-ring (bicyclic) bond motifs is 5. The number of carbonyl (C=O) groups excluding carboxylic acids is 1. The molecule has 4 aliphatic carbocycles. The summed E-state index contributed by atoms with van der Waals surface area (Å²) >= 11 is 0. The number of Topliss-reactive ketones (excluding diaryl/α,β-unsaturated/α-hetero) is 1. The first-order valence-corrected chi connectivity index (χ1v) is 8.95. The number of aliphatic hydroxyl groups is 2. The van der Waals surface area contributed by atoms with Crippen LogP contribution in [0.3, 0.4) is 0 Å². The van der Waals surface area contributed by atoms with Gasteiger partial charge in [-0.1, -0.05) is 25.5 Å². The Kier molecular flexibility index (Phi) is 3.16. The predicted molar refractivity (Wildman–Crippen MR) is 84.1 cm³/mol. The molecule has 3 fully saturated rings. The molecule has 0 aromatic rings. The lowest BCUT2D eigenvalue weighted by Crippen LogP contribution is -2.56. The minimum Gasteiger partial charge on any atom is -0.393 e. The Morgan fingerprint density at radius 1 is 1.18 bits per heavy atom. The Bertz CT molecular complexity index is 539. The lowest BCUT2D eigenvalue weighted by molar-refractivity contribution is -0.145. The molecule has 4 aliphatic rings. The van der Waals surface area contributed by atoms with Crippen molar-refractivity contribution >= 4 is 5.78 Å². The summed E-state index contributed by atoms with van der Waals surface area (Å²) in [5, 5.41) is 21.0. The number of carbonyl (C=O) groups is 1. The van der Waals surface area contributed by atoms with Crippen LogP contribution in [-0.2, 0) is 4.79 Å². The fourth-order valence-electron chi connectivity index (χ4n) is 6.55. The summed E-state index contributed by atoms with van der Waals surface area (Å²) in [6, 6.07) is 0. The second kappa shape index (κ2) is 4.67. The van der Waals surface area contributed by atoms with E-state index >= 15 is 0 Å². The van der Waals surface area contributed by atoms with Crippen LogP contribution >= 0.6 is 0 Å². The third-order valence-electron chi connectivity index (χ3n) is 7.72. The number of allylic oxidation sites excluding steroid dienone is 1. The van der Waals surface area contributed by atoms with Gasteiger partial charge in [-0.15, -0.1) is 0 Å². The van der Waals surface area contributed by atoms with Crippen LogP contribution in [0, 0.1) is 28.6 Å². The van der Waals surface area contributed by atoms with Crippen molar-refractivity contribution in [2.75, 3.05) is 0 Å². The number of rotatable bonds is 0. The average molecular weight is 304 g/mol. The van der Waals surface area contributed by atoms with Crippen LogP contribution < -0.4 is 0 Å². The maximum absolute atomic E-state index is 12.4. The van der Waals surface area contributed by atoms with Crippen LogP contribution in [0.25, 0.3) is 0 Å². The molecule has 7 atom stereocenters. The van der Waals surface area contributed by atoms with E-state index in [1.165, 1.54) is 5.57 Å². The molecule has 0 saturated heterocycles. The average Bonchev–Trinajstić information content (AvgIpc) is 2.75. The molecular weight excluding hydrogens is 276 g/mol. The van der Waals surface area contributed by atoms with Crippen LogP contribution in [0.4, 0.5) is 0 Å². The first-order valence-electron chi connectivity index (χ1n) is 8.95. The van der Waals surface area contributed by atoms with E-state index in [2.05, 4.69) is 19.9 Å². The number of hydrogen-bond acceptors (Lipinski definition) is 3. The molecular formula is C19H28O3. The molecule has 3 heteroatoms. The Morgan fingerprint density at radius 2 is 1.95 bits per heavy atom. The summed E-state index contributed by atoms with van der Waals surface area (Å²) in [4.78, 5) is 12.4. The molecule has 0 aliphatic heterocycles. The molecule has 4 rings (SSSR count). The fraction of sp³-hybridized carbons (Fsp3) is 0.842. The molecule has 0 heterocycles. The zero-order chi connectivity index (χ0) is 15.7. The quantitative estimate of drug-likeness (QED) is 0.677. The van der Waals surface area contributed by atoms with Crippen LogP contribution in [-0.4, -0.2) is 28.2 Å². The third kappa shape index (κ3) is 1.78. The smallest absolute Gasteiger partial charge is 0.139 e. The van der Waals surface area contributed by atoms with Gasteiger partial charge in [0, 0.05) is 11.8 Å². The second-order valence-corrected chi connectivity index (χ2v) is 8.73. The van der Waals surface area contributed by atoms with Gasteiger partial charge < -0.3 is 10.2 Å². The van der Waals surface area contributed by atoms with Crippen molar-refractivity contribution in [3.8, 4) is 0 Å². The Morgan fingerprint density at radius 3 is 2.73 bits per heavy atom. The van der Waals surface area contributed by atoms with Gasteiger partial charge in [0.1, 0.15) is 5.78 Å². The Balaban J connectivity index is 1.74. The van der Waals surface area contributed by atoms with Crippen molar-refractivity contribution in [2.24, 2.45) is 28.6 Å². The molecule has 3 nitrogen and oxygen atoms in total. The highest BCUT2D eigenvalue weighted by Crippen LogP contribution is 2.63. The molecule has 22 heavy (non-hydrogen) atoms. The van der Waals surface area contributed by atoms with E-state index in [0.29, 0.717) is 30.5 Å². The van der Waals surface area contributed by atoms with Gasteiger partial charge in [0.15, 0.2) is 0 Å². The molecule has 2 N–H and O–H groups in total. The zero-order valence-corrected chi connectivity index (χ0v) is 13.7. The summed E-state index contributed by atoms with van der Waals surface area (Å²) in [6.45, 7) is 4.39. The zero-order valence-electron chi connectivity index (χ0n) is 13.7. The van der Waals surface area contributed by atoms with E-state index in [0.717, 1.165) is 32.1 Å². The molecule has 0 aromatic carbocycles. The molecule has 0 spiro atoms. The van der Waals surface area contributed by atoms with Gasteiger partial charge >= 0.3 is 0 Å². The summed E-state index contributed by atoms with van der Waals surface area (Å²) in [7, 11) is 0. The summed E-state index contributed by atoms with van der Waals surface area (Å²) in [6.07, 6.45) is 7.65. The Labute approximate surface area is 132 Å². The van der Waals surface area contributed by atoms with Gasteiger partial charge in [-0.3, -0.25) is 4.79 Å². The first kappa shape index (κ1) is 14.9. The SMILES string of the molecule is C[C@]12CCC(O)CC1=CC[C@@H]1[C@H]2C(O)C[C@]2(C)C(=O)CC[C@@H]12. The van der Waals surface area contributed by atoms with Crippen molar-refractivity contribution in [1.29, 1.82) is 0 Å². The van der Waals surface area contributed by atoms with E-state index in [1.807, 2.05) is 0 Å². The van der Waals surface area contributed by atoms with Crippen molar-refractivity contribution in [3.05, 3.63) is 11.6 Å². The molecule has 0 bridgehead atoms.